The monoisotopic (exact) mass is 855 g/mol. The summed E-state index contributed by atoms with van der Waals surface area (Å²) in [5.41, 5.74) is 6.30. The van der Waals surface area contributed by atoms with Crippen molar-refractivity contribution in [3.8, 4) is 22.6 Å². The summed E-state index contributed by atoms with van der Waals surface area (Å²) in [6.45, 7) is 19.3. The number of aliphatic hydroxyl groups excluding tert-OH is 1. The molecule has 5 aromatic rings. The molecule has 0 aliphatic rings. The van der Waals surface area contributed by atoms with E-state index in [1.54, 1.807) is 17.7 Å². The summed E-state index contributed by atoms with van der Waals surface area (Å²) in [5.74, 6) is 1.13. The number of ketones is 1. The number of nitrogens with zero attached hydrogens (tertiary/aromatic N) is 3. The quantitative estimate of drug-likeness (QED) is 0.0814. The van der Waals surface area contributed by atoms with Gasteiger partial charge in [0.25, 0.3) is 0 Å². The number of aliphatic hydroxyl groups is 1. The Labute approximate surface area is 311 Å². The minimum atomic E-state index is 0. The van der Waals surface area contributed by atoms with Gasteiger partial charge in [0.1, 0.15) is 6.33 Å². The van der Waals surface area contributed by atoms with Gasteiger partial charge in [-0.3, -0.25) is 14.8 Å². The van der Waals surface area contributed by atoms with Crippen molar-refractivity contribution in [2.24, 2.45) is 17.8 Å². The first-order valence-electron chi connectivity index (χ1n) is 17.5. The summed E-state index contributed by atoms with van der Waals surface area (Å²) < 4.78 is 1.25. The zero-order valence-electron chi connectivity index (χ0n) is 30.6. The molecule has 1 N–H and O–H groups in total. The molecule has 1 radical (unpaired) electrons. The average molecular weight is 855 g/mol. The van der Waals surface area contributed by atoms with Crippen molar-refractivity contribution in [2.45, 2.75) is 99.8 Å². The van der Waals surface area contributed by atoms with Crippen molar-refractivity contribution in [3.05, 3.63) is 89.4 Å². The molecule has 5 nitrogen and oxygen atoms in total. The van der Waals surface area contributed by atoms with Crippen LogP contribution in [0.5, 0.6) is 0 Å². The van der Waals surface area contributed by atoms with Gasteiger partial charge in [0.05, 0.1) is 17.1 Å². The third-order valence-corrected chi connectivity index (χ3v) is 10.0. The third-order valence-electron chi connectivity index (χ3n) is 9.04. The molecule has 0 amide bonds. The molecular weight excluding hydrogens is 803 g/mol. The topological polar surface area (TPSA) is 76.0 Å². The molecule has 0 aliphatic heterocycles. The van der Waals surface area contributed by atoms with Crippen LogP contribution in [-0.4, -0.2) is 25.8 Å². The summed E-state index contributed by atoms with van der Waals surface area (Å²) in [7, 11) is 0. The number of thiophene rings is 1. The molecule has 263 valence electrons. The smallest absolute Gasteiger partial charge is 0.162 e. The second-order valence-electron chi connectivity index (χ2n) is 14.1. The zero-order chi connectivity index (χ0) is 35.0. The van der Waals surface area contributed by atoms with E-state index in [0.717, 1.165) is 60.1 Å². The summed E-state index contributed by atoms with van der Waals surface area (Å²) in [5, 5.41) is 15.6. The van der Waals surface area contributed by atoms with E-state index in [4.69, 9.17) is 4.98 Å². The SMILES string of the molecule is CC(C)Cc1csc2ccnc(-c3cc(-c4[c-]c5ccccc5c(C(C)(C)C)c4)ncn3)c12.CCC(CC)C(=O)/C=C(\O)C(CC)CC.[Ir]. The van der Waals surface area contributed by atoms with Crippen LogP contribution >= 0.6 is 11.3 Å². The van der Waals surface area contributed by atoms with Crippen molar-refractivity contribution in [3.63, 3.8) is 0 Å². The summed E-state index contributed by atoms with van der Waals surface area (Å²) in [6.07, 6.45) is 9.47. The second kappa shape index (κ2) is 18.1. The molecule has 0 bridgehead atoms. The maximum Gasteiger partial charge on any atom is 0.162 e. The maximum absolute atomic E-state index is 11.7. The molecule has 0 saturated carbocycles. The molecule has 0 atom stereocenters. The summed E-state index contributed by atoms with van der Waals surface area (Å²) >= 11 is 1.78. The predicted octanol–water partition coefficient (Wildman–Crippen LogP) is 11.7. The molecule has 0 saturated heterocycles. The summed E-state index contributed by atoms with van der Waals surface area (Å²) in [4.78, 5) is 25.8. The fraction of sp³-hybridized carbons (Fsp3) is 0.429. The van der Waals surface area contributed by atoms with E-state index in [1.165, 1.54) is 32.7 Å². The molecule has 0 spiro atoms. The molecular formula is C42H52IrN3O2S-. The van der Waals surface area contributed by atoms with Gasteiger partial charge in [-0.15, -0.1) is 40.5 Å². The van der Waals surface area contributed by atoms with E-state index < -0.39 is 0 Å². The van der Waals surface area contributed by atoms with Gasteiger partial charge >= 0.3 is 0 Å². The van der Waals surface area contributed by atoms with Gasteiger partial charge in [0.15, 0.2) is 5.78 Å². The van der Waals surface area contributed by atoms with Crippen LogP contribution in [0.25, 0.3) is 43.5 Å². The predicted molar refractivity (Wildman–Crippen MR) is 204 cm³/mol. The first-order chi connectivity index (χ1) is 22.9. The maximum atomic E-state index is 11.7. The van der Waals surface area contributed by atoms with Gasteiger partial charge in [-0.2, -0.15) is 0 Å². The Morgan fingerprint density at radius 1 is 0.918 bits per heavy atom. The number of hydrogen-bond acceptors (Lipinski definition) is 6. The van der Waals surface area contributed by atoms with Gasteiger partial charge in [-0.1, -0.05) is 91.5 Å². The van der Waals surface area contributed by atoms with E-state index >= 15 is 0 Å². The molecule has 3 heterocycles. The molecule has 0 aliphatic carbocycles. The van der Waals surface area contributed by atoms with Crippen LogP contribution in [0.1, 0.15) is 99.1 Å². The van der Waals surface area contributed by atoms with Crippen LogP contribution in [0.15, 0.2) is 72.2 Å². The average Bonchev–Trinajstić information content (AvgIpc) is 3.47. The van der Waals surface area contributed by atoms with E-state index in [1.807, 2.05) is 33.9 Å². The Morgan fingerprint density at radius 3 is 2.20 bits per heavy atom. The number of fused-ring (bicyclic) bond motifs is 2. The second-order valence-corrected chi connectivity index (χ2v) is 15.0. The van der Waals surface area contributed by atoms with E-state index in [-0.39, 0.29) is 48.9 Å². The molecule has 5 rings (SSSR count). The van der Waals surface area contributed by atoms with Crippen molar-refractivity contribution in [2.75, 3.05) is 0 Å². The van der Waals surface area contributed by atoms with Gasteiger partial charge in [0.2, 0.25) is 0 Å². The Morgan fingerprint density at radius 2 is 1.57 bits per heavy atom. The Bertz CT molecular complexity index is 1860. The fourth-order valence-electron chi connectivity index (χ4n) is 6.23. The van der Waals surface area contributed by atoms with Crippen molar-refractivity contribution in [1.29, 1.82) is 0 Å². The summed E-state index contributed by atoms with van der Waals surface area (Å²) in [6, 6.07) is 18.5. The number of carbonyl (C=O) groups excluding carboxylic acids is 1. The Hall–Kier alpha value is -3.25. The molecule has 3 aromatic heterocycles. The van der Waals surface area contributed by atoms with Crippen molar-refractivity contribution < 1.29 is 30.0 Å². The molecule has 49 heavy (non-hydrogen) atoms. The molecule has 0 fully saturated rings. The van der Waals surface area contributed by atoms with Crippen LogP contribution in [0.3, 0.4) is 0 Å². The number of carbonyl (C=O) groups is 1. The van der Waals surface area contributed by atoms with Crippen molar-refractivity contribution >= 4 is 38.0 Å². The minimum absolute atomic E-state index is 0. The number of aromatic nitrogens is 3. The minimum Gasteiger partial charge on any atom is -0.512 e. The van der Waals surface area contributed by atoms with Gasteiger partial charge in [-0.25, -0.2) is 4.98 Å². The van der Waals surface area contributed by atoms with Gasteiger partial charge in [0, 0.05) is 60.0 Å². The number of hydrogen-bond donors (Lipinski definition) is 1. The first kappa shape index (κ1) is 40.2. The first-order valence-corrected chi connectivity index (χ1v) is 18.4. The Balaban J connectivity index is 0.000000347. The number of allylic oxidation sites excluding steroid dienone is 2. The standard InChI is InChI=1S/C29H28N3S.C13H24O2.Ir/c1-18(2)12-21-16-33-26-10-11-30-28(27(21)26)25-15-24(31-17-32-25)20-13-19-8-6-7-9-22(19)23(14-20)29(3,4)5;1-5-10(6-2)12(14)9-13(15)11(7-3)8-4;/h6-11,14-18H,12H2,1-5H3;9-11,14H,5-8H2,1-4H3;/q-1;;/b;12-9-;. The van der Waals surface area contributed by atoms with Crippen LogP contribution in [0.4, 0.5) is 0 Å². The van der Waals surface area contributed by atoms with Crippen LogP contribution in [0, 0.1) is 23.8 Å². The van der Waals surface area contributed by atoms with E-state index in [2.05, 4.69) is 98.5 Å². The van der Waals surface area contributed by atoms with Crippen molar-refractivity contribution in [1.82, 2.24) is 15.0 Å². The normalized spacial score (nSPS) is 12.0. The van der Waals surface area contributed by atoms with E-state index in [0.29, 0.717) is 5.92 Å². The number of pyridine rings is 1. The van der Waals surface area contributed by atoms with Crippen LogP contribution in [-0.2, 0) is 36.7 Å². The molecule has 2 aromatic carbocycles. The van der Waals surface area contributed by atoms with Gasteiger partial charge < -0.3 is 5.11 Å². The van der Waals surface area contributed by atoms with E-state index in [9.17, 15) is 9.90 Å². The van der Waals surface area contributed by atoms with Crippen LogP contribution in [0.2, 0.25) is 0 Å². The molecule has 0 unspecified atom stereocenters. The van der Waals surface area contributed by atoms with Gasteiger partial charge in [-0.05, 0) is 66.5 Å². The fourth-order valence-corrected chi connectivity index (χ4v) is 7.20. The largest absolute Gasteiger partial charge is 0.512 e. The zero-order valence-corrected chi connectivity index (χ0v) is 33.8. The third kappa shape index (κ3) is 9.93. The number of rotatable bonds is 11. The Kier molecular flexibility index (Phi) is 14.9. The number of benzene rings is 2. The molecule has 7 heteroatoms. The van der Waals surface area contributed by atoms with Crippen LogP contribution < -0.4 is 0 Å².